The fourth-order valence-corrected chi connectivity index (χ4v) is 15.6. The van der Waals surface area contributed by atoms with Gasteiger partial charge < -0.3 is 8.82 Å². The molecular weight excluding hydrogens is 731 g/mol. The topological polar surface area (TPSA) is 65.1 Å². The third kappa shape index (κ3) is 4.06. The first kappa shape index (κ1) is 32.7. The lowest BCUT2D eigenvalue weighted by molar-refractivity contribution is 0.166. The van der Waals surface area contributed by atoms with Gasteiger partial charge in [0.15, 0.2) is 0 Å². The zero-order chi connectivity index (χ0) is 39.1. The number of hydrogen-bond acceptors (Lipinski definition) is 3. The summed E-state index contributed by atoms with van der Waals surface area (Å²) in [5.74, 6) is 4.80. The van der Waals surface area contributed by atoms with Gasteiger partial charge in [-0.15, -0.1) is 0 Å². The molecule has 4 heteroatoms. The average molecular weight is 774 g/mol. The van der Waals surface area contributed by atoms with Crippen LogP contribution in [-0.2, 0) is 0 Å². The van der Waals surface area contributed by atoms with Crippen LogP contribution in [0.4, 0.5) is 0 Å². The molecule has 8 aliphatic carbocycles. The molecule has 8 bridgehead atoms. The number of hydrogen-bond donors (Lipinski definition) is 0. The van der Waals surface area contributed by atoms with Crippen LogP contribution in [0, 0.1) is 46.3 Å². The molecule has 0 spiro atoms. The Morgan fingerprint density at radius 1 is 0.483 bits per heavy atom. The summed E-state index contributed by atoms with van der Waals surface area (Å²) in [5.41, 5.74) is 17.6. The maximum Gasteiger partial charge on any atom is 0.143 e. The quantitative estimate of drug-likeness (QED) is 0.176. The molecule has 4 nitrogen and oxygen atoms in total. The van der Waals surface area contributed by atoms with Gasteiger partial charge in [0.2, 0.25) is 0 Å². The van der Waals surface area contributed by atoms with Gasteiger partial charge in [-0.25, -0.2) is 0 Å². The summed E-state index contributed by atoms with van der Waals surface area (Å²) in [6.07, 6.45) is 12.5. The van der Waals surface area contributed by atoms with Crippen molar-refractivity contribution in [2.24, 2.45) is 23.7 Å². The Labute approximate surface area is 348 Å². The van der Waals surface area contributed by atoms with E-state index in [1.165, 1.54) is 130 Å². The molecular formula is C56H43N3O. The lowest BCUT2D eigenvalue weighted by atomic mass is 9.67. The fourth-order valence-electron chi connectivity index (χ4n) is 15.6. The van der Waals surface area contributed by atoms with E-state index in [1.54, 1.807) is 0 Å². The highest BCUT2D eigenvalue weighted by molar-refractivity contribution is 6.27. The van der Waals surface area contributed by atoms with Gasteiger partial charge in [-0.2, -0.15) is 10.5 Å². The molecule has 0 N–H and O–H groups in total. The fraction of sp³-hybridized carbons (Fsp3) is 0.321. The Kier molecular flexibility index (Phi) is 6.20. The molecule has 0 radical (unpaired) electrons. The standard InChI is InChI=1S/C56H43N3O/c57-26-38-24-45-53(51-35-18-28-12-29(19-35)15-33(14-28)48(38)51)43-22-37(50-40(32-6-2-1-3-7-32)10-11-42-41-8-4-5-9-47(41)60-56(42)50)23-44-54-46(59(45)55(43)44)25-39(27-58)49-34-16-30-13-31(17-34)21-36(20-30)52(49)54/h1-11,22-25,28-31,33-36H,12-21H2. The second kappa shape index (κ2) is 11.4. The number of fused-ring (bicyclic) bond motifs is 9. The van der Waals surface area contributed by atoms with E-state index < -0.39 is 0 Å². The SMILES string of the molecule is N#Cc1cc2c(c3c1C1CC4CC(C1)CC3C4)c1cc(-c3c(-c4ccccc4)ccc4c3oc3ccccc34)cc3c4c5c(c(C#N)cc4n2c13)C1CC2CC(C1)CC5C2. The minimum atomic E-state index is 0.451. The molecule has 3 aromatic heterocycles. The van der Waals surface area contributed by atoms with Crippen LogP contribution in [0.15, 0.2) is 95.4 Å². The van der Waals surface area contributed by atoms with E-state index in [1.807, 2.05) is 0 Å². The van der Waals surface area contributed by atoms with Crippen molar-refractivity contribution in [1.29, 1.82) is 10.5 Å². The van der Waals surface area contributed by atoms with Gasteiger partial charge in [-0.3, -0.25) is 0 Å². The predicted molar refractivity (Wildman–Crippen MR) is 240 cm³/mol. The molecule has 288 valence electrons. The van der Waals surface area contributed by atoms with Gasteiger partial charge in [-0.05, 0) is 187 Å². The number of aromatic nitrogens is 1. The van der Waals surface area contributed by atoms with E-state index in [4.69, 9.17) is 4.42 Å². The van der Waals surface area contributed by atoms with Crippen LogP contribution >= 0.6 is 0 Å². The summed E-state index contributed by atoms with van der Waals surface area (Å²) in [5, 5.41) is 29.7. The van der Waals surface area contributed by atoms with Crippen molar-refractivity contribution in [1.82, 2.24) is 4.40 Å². The van der Waals surface area contributed by atoms with E-state index in [2.05, 4.69) is 108 Å². The van der Waals surface area contributed by atoms with Gasteiger partial charge in [0.25, 0.3) is 0 Å². The molecule has 0 saturated heterocycles. The van der Waals surface area contributed by atoms with Crippen LogP contribution in [0.3, 0.4) is 0 Å². The molecule has 8 aliphatic rings. The minimum absolute atomic E-state index is 0.451. The molecule has 9 aromatic rings. The number of rotatable bonds is 2. The highest BCUT2D eigenvalue weighted by Gasteiger charge is 2.47. The second-order valence-electron chi connectivity index (χ2n) is 20.2. The molecule has 0 aliphatic heterocycles. The number of nitrogens with zero attached hydrogens (tertiary/aromatic N) is 3. The average Bonchev–Trinajstić information content (AvgIpc) is 3.83. The van der Waals surface area contributed by atoms with Gasteiger partial charge >= 0.3 is 0 Å². The van der Waals surface area contributed by atoms with Crippen LogP contribution < -0.4 is 0 Å². The Morgan fingerprint density at radius 3 is 1.55 bits per heavy atom. The molecule has 3 heterocycles. The molecule has 4 atom stereocenters. The van der Waals surface area contributed by atoms with Crippen LogP contribution in [-0.4, -0.2) is 4.40 Å². The van der Waals surface area contributed by atoms with E-state index in [0.717, 1.165) is 73.3 Å². The lowest BCUT2D eigenvalue weighted by Gasteiger charge is -2.38. The Bertz CT molecular complexity index is 3300. The van der Waals surface area contributed by atoms with Gasteiger partial charge in [0, 0.05) is 37.9 Å². The first-order valence-electron chi connectivity index (χ1n) is 22.8. The zero-order valence-electron chi connectivity index (χ0n) is 33.6. The van der Waals surface area contributed by atoms with Crippen LogP contribution in [0.5, 0.6) is 0 Å². The highest BCUT2D eigenvalue weighted by Crippen LogP contribution is 2.62. The van der Waals surface area contributed by atoms with Gasteiger partial charge in [0.05, 0.1) is 39.8 Å². The zero-order valence-corrected chi connectivity index (χ0v) is 33.6. The van der Waals surface area contributed by atoms with E-state index in [-0.39, 0.29) is 0 Å². The van der Waals surface area contributed by atoms with Crippen molar-refractivity contribution in [3.63, 3.8) is 0 Å². The van der Waals surface area contributed by atoms with Crippen molar-refractivity contribution >= 4 is 60.0 Å². The first-order chi connectivity index (χ1) is 29.6. The number of nitriles is 2. The van der Waals surface area contributed by atoms with Crippen LogP contribution in [0.1, 0.15) is 121 Å². The Hall–Kier alpha value is -6.10. The maximum atomic E-state index is 11.1. The summed E-state index contributed by atoms with van der Waals surface area (Å²) < 4.78 is 9.52. The molecule has 6 aromatic carbocycles. The molecule has 60 heavy (non-hydrogen) atoms. The highest BCUT2D eigenvalue weighted by atomic mass is 16.3. The largest absolute Gasteiger partial charge is 0.455 e. The number of para-hydroxylation sites is 1. The molecule has 17 rings (SSSR count). The van der Waals surface area contributed by atoms with Crippen molar-refractivity contribution in [3.05, 3.63) is 124 Å². The summed E-state index contributed by atoms with van der Waals surface area (Å²) in [4.78, 5) is 0. The molecule has 4 fully saturated rings. The first-order valence-corrected chi connectivity index (χ1v) is 22.8. The van der Waals surface area contributed by atoms with Crippen molar-refractivity contribution in [2.45, 2.75) is 87.9 Å². The van der Waals surface area contributed by atoms with E-state index >= 15 is 0 Å². The summed E-state index contributed by atoms with van der Waals surface area (Å²) in [7, 11) is 0. The number of benzene rings is 6. The van der Waals surface area contributed by atoms with Crippen LogP contribution in [0.25, 0.3) is 82.3 Å². The number of furan rings is 1. The Balaban J connectivity index is 1.16. The summed E-state index contributed by atoms with van der Waals surface area (Å²) in [6.45, 7) is 0. The third-order valence-electron chi connectivity index (χ3n) is 17.2. The summed E-state index contributed by atoms with van der Waals surface area (Å²) in [6, 6.07) is 39.1. The lowest BCUT2D eigenvalue weighted by Crippen LogP contribution is -2.25. The Morgan fingerprint density at radius 2 is 1.00 bits per heavy atom. The molecule has 4 saturated carbocycles. The van der Waals surface area contributed by atoms with Crippen molar-refractivity contribution in [2.75, 3.05) is 0 Å². The monoisotopic (exact) mass is 773 g/mol. The normalized spacial score (nSPS) is 27.3. The molecule has 4 unspecified atom stereocenters. The third-order valence-corrected chi connectivity index (χ3v) is 17.2. The van der Waals surface area contributed by atoms with Gasteiger partial charge in [-0.1, -0.05) is 54.6 Å². The smallest absolute Gasteiger partial charge is 0.143 e. The predicted octanol–water partition coefficient (Wildman–Crippen LogP) is 14.6. The van der Waals surface area contributed by atoms with Crippen molar-refractivity contribution < 1.29 is 4.42 Å². The summed E-state index contributed by atoms with van der Waals surface area (Å²) >= 11 is 0. The van der Waals surface area contributed by atoms with Crippen molar-refractivity contribution in [3.8, 4) is 34.4 Å². The van der Waals surface area contributed by atoms with E-state index in [0.29, 0.717) is 23.7 Å². The minimum Gasteiger partial charge on any atom is -0.455 e. The molecule has 0 amide bonds. The maximum absolute atomic E-state index is 11.1. The van der Waals surface area contributed by atoms with Crippen LogP contribution in [0.2, 0.25) is 0 Å². The second-order valence-corrected chi connectivity index (χ2v) is 20.2. The van der Waals surface area contributed by atoms with E-state index in [9.17, 15) is 10.5 Å². The van der Waals surface area contributed by atoms with Gasteiger partial charge in [0.1, 0.15) is 11.2 Å².